The molecule has 0 aliphatic rings. The predicted octanol–water partition coefficient (Wildman–Crippen LogP) is 3.73. The molecule has 0 saturated carbocycles. The van der Waals surface area contributed by atoms with Gasteiger partial charge in [0.25, 0.3) is 0 Å². The Morgan fingerprint density at radius 1 is 1.23 bits per heavy atom. The molecule has 0 unspecified atom stereocenters. The Hall–Kier alpha value is -1.90. The highest BCUT2D eigenvalue weighted by Crippen LogP contribution is 2.26. The molecule has 1 aromatic carbocycles. The highest BCUT2D eigenvalue weighted by Gasteiger charge is 2.15. The minimum atomic E-state index is -0.282. The Morgan fingerprint density at radius 3 is 2.58 bits per heavy atom. The maximum absolute atomic E-state index is 13.2. The lowest BCUT2D eigenvalue weighted by Gasteiger charge is -2.09. The summed E-state index contributed by atoms with van der Waals surface area (Å²) >= 11 is 1.50. The molecule has 3 rings (SSSR count). The van der Waals surface area contributed by atoms with Gasteiger partial charge in [0.2, 0.25) is 0 Å². The summed E-state index contributed by atoms with van der Waals surface area (Å²) in [6.45, 7) is 4.58. The summed E-state index contributed by atoms with van der Waals surface area (Å²) in [5.74, 6) is 2.23. The Morgan fingerprint density at radius 2 is 1.96 bits per heavy atom. The van der Waals surface area contributed by atoms with E-state index in [0.29, 0.717) is 29.8 Å². The molecule has 0 fully saturated rings. The molecule has 2 aromatic heterocycles. The maximum Gasteiger partial charge on any atom is 0.196 e. The summed E-state index contributed by atoms with van der Waals surface area (Å²) in [6.07, 6.45) is 0.590. The lowest BCUT2D eigenvalue weighted by molar-refractivity contribution is 0.367. The lowest BCUT2D eigenvalue weighted by atomic mass is 10.1. The van der Waals surface area contributed by atoms with Gasteiger partial charge < -0.3 is 10.3 Å². The SMILES string of the molecule is CC(C)c1cc(CSc2nnc(CCN)n2-c2ccc(F)cc2)no1.Cl. The lowest BCUT2D eigenvalue weighted by Crippen LogP contribution is -2.09. The Balaban J connectivity index is 0.00000243. The van der Waals surface area contributed by atoms with Gasteiger partial charge in [-0.3, -0.25) is 4.57 Å². The zero-order chi connectivity index (χ0) is 17.8. The van der Waals surface area contributed by atoms with Crippen LogP contribution in [-0.4, -0.2) is 26.5 Å². The summed E-state index contributed by atoms with van der Waals surface area (Å²) in [7, 11) is 0. The van der Waals surface area contributed by atoms with Gasteiger partial charge in [0.1, 0.15) is 17.4 Å². The smallest absolute Gasteiger partial charge is 0.196 e. The number of halogens is 2. The van der Waals surface area contributed by atoms with E-state index in [1.807, 2.05) is 10.6 Å². The summed E-state index contributed by atoms with van der Waals surface area (Å²) < 4.78 is 20.5. The molecule has 0 aliphatic heterocycles. The molecular weight excluding hydrogens is 377 g/mol. The zero-order valence-corrected chi connectivity index (χ0v) is 16.2. The number of hydrogen-bond acceptors (Lipinski definition) is 6. The van der Waals surface area contributed by atoms with Crippen LogP contribution in [0.4, 0.5) is 4.39 Å². The van der Waals surface area contributed by atoms with E-state index in [2.05, 4.69) is 29.2 Å². The third kappa shape index (κ3) is 4.63. The van der Waals surface area contributed by atoms with Gasteiger partial charge in [-0.1, -0.05) is 30.8 Å². The summed E-state index contributed by atoms with van der Waals surface area (Å²) in [4.78, 5) is 0. The van der Waals surface area contributed by atoms with Crippen LogP contribution < -0.4 is 5.73 Å². The van der Waals surface area contributed by atoms with Crippen molar-refractivity contribution in [3.05, 3.63) is 53.4 Å². The van der Waals surface area contributed by atoms with Crippen LogP contribution in [0, 0.1) is 5.82 Å². The molecule has 0 bridgehead atoms. The van der Waals surface area contributed by atoms with E-state index in [1.165, 1.54) is 23.9 Å². The van der Waals surface area contributed by atoms with Gasteiger partial charge in [0, 0.05) is 29.8 Å². The molecule has 140 valence electrons. The highest BCUT2D eigenvalue weighted by molar-refractivity contribution is 7.98. The van der Waals surface area contributed by atoms with E-state index in [1.54, 1.807) is 12.1 Å². The van der Waals surface area contributed by atoms with Gasteiger partial charge in [-0.15, -0.1) is 22.6 Å². The Kier molecular flexibility index (Phi) is 7.19. The number of benzene rings is 1. The number of rotatable bonds is 7. The first kappa shape index (κ1) is 20.4. The second-order valence-corrected chi connectivity index (χ2v) is 6.86. The zero-order valence-electron chi connectivity index (χ0n) is 14.6. The largest absolute Gasteiger partial charge is 0.361 e. The second kappa shape index (κ2) is 9.16. The van der Waals surface area contributed by atoms with Crippen LogP contribution in [0.2, 0.25) is 0 Å². The van der Waals surface area contributed by atoms with Crippen LogP contribution in [0.15, 0.2) is 40.0 Å². The number of aromatic nitrogens is 4. The topological polar surface area (TPSA) is 82.8 Å². The van der Waals surface area contributed by atoms with Crippen molar-refractivity contribution >= 4 is 24.2 Å². The molecule has 2 heterocycles. The molecule has 0 spiro atoms. The predicted molar refractivity (Wildman–Crippen MR) is 101 cm³/mol. The molecule has 6 nitrogen and oxygen atoms in total. The average Bonchev–Trinajstić information content (AvgIpc) is 3.21. The fourth-order valence-corrected chi connectivity index (χ4v) is 3.19. The van der Waals surface area contributed by atoms with E-state index in [0.717, 1.165) is 23.0 Å². The first-order valence-electron chi connectivity index (χ1n) is 8.07. The molecule has 26 heavy (non-hydrogen) atoms. The van der Waals surface area contributed by atoms with Crippen molar-refractivity contribution < 1.29 is 8.91 Å². The molecule has 0 aliphatic carbocycles. The molecule has 9 heteroatoms. The fraction of sp³-hybridized carbons (Fsp3) is 0.353. The van der Waals surface area contributed by atoms with Crippen molar-refractivity contribution in [1.82, 2.24) is 19.9 Å². The van der Waals surface area contributed by atoms with Crippen molar-refractivity contribution in [2.24, 2.45) is 5.73 Å². The standard InChI is InChI=1S/C17H20FN5OS.ClH/c1-11(2)15-9-13(22-24-15)10-25-17-21-20-16(7-8-19)23(17)14-5-3-12(18)4-6-14;/h3-6,9,11H,7-8,10,19H2,1-2H3;1H. The van der Waals surface area contributed by atoms with Gasteiger partial charge in [-0.2, -0.15) is 0 Å². The second-order valence-electron chi connectivity index (χ2n) is 5.91. The van der Waals surface area contributed by atoms with E-state index >= 15 is 0 Å². The summed E-state index contributed by atoms with van der Waals surface area (Å²) in [5, 5.41) is 13.3. The maximum atomic E-state index is 13.2. The first-order chi connectivity index (χ1) is 12.1. The van der Waals surface area contributed by atoms with Crippen LogP contribution in [0.5, 0.6) is 0 Å². The third-order valence-corrected chi connectivity index (χ3v) is 4.61. The third-order valence-electron chi connectivity index (χ3n) is 3.65. The number of nitrogens with zero attached hydrogens (tertiary/aromatic N) is 4. The van der Waals surface area contributed by atoms with E-state index in [9.17, 15) is 4.39 Å². The van der Waals surface area contributed by atoms with Gasteiger partial charge >= 0.3 is 0 Å². The minimum Gasteiger partial charge on any atom is -0.361 e. The van der Waals surface area contributed by atoms with Gasteiger partial charge in [0.05, 0.1) is 5.69 Å². The van der Waals surface area contributed by atoms with E-state index < -0.39 is 0 Å². The molecule has 0 atom stereocenters. The molecule has 3 aromatic rings. The first-order valence-corrected chi connectivity index (χ1v) is 9.05. The summed E-state index contributed by atoms with van der Waals surface area (Å²) in [6, 6.07) is 8.20. The normalized spacial score (nSPS) is 11.0. The number of nitrogens with two attached hydrogens (primary N) is 1. The quantitative estimate of drug-likeness (QED) is 0.611. The fourth-order valence-electron chi connectivity index (χ4n) is 2.34. The molecule has 0 amide bonds. The van der Waals surface area contributed by atoms with Crippen molar-refractivity contribution in [3.8, 4) is 5.69 Å². The van der Waals surface area contributed by atoms with Crippen LogP contribution in [0.25, 0.3) is 5.69 Å². The monoisotopic (exact) mass is 397 g/mol. The molecule has 0 radical (unpaired) electrons. The van der Waals surface area contributed by atoms with Crippen LogP contribution in [0.3, 0.4) is 0 Å². The van der Waals surface area contributed by atoms with E-state index in [-0.39, 0.29) is 18.2 Å². The highest BCUT2D eigenvalue weighted by atomic mass is 35.5. The Bertz CT molecular complexity index is 834. The van der Waals surface area contributed by atoms with Gasteiger partial charge in [-0.05, 0) is 30.8 Å². The van der Waals surface area contributed by atoms with Crippen molar-refractivity contribution in [2.75, 3.05) is 6.54 Å². The minimum absolute atomic E-state index is 0. The molecule has 2 N–H and O–H groups in total. The van der Waals surface area contributed by atoms with Crippen LogP contribution >= 0.6 is 24.2 Å². The average molecular weight is 398 g/mol. The molecular formula is C17H21ClFN5OS. The van der Waals surface area contributed by atoms with E-state index in [4.69, 9.17) is 10.3 Å². The van der Waals surface area contributed by atoms with Crippen LogP contribution in [-0.2, 0) is 12.2 Å². The Labute approximate surface area is 161 Å². The van der Waals surface area contributed by atoms with Gasteiger partial charge in [-0.25, -0.2) is 4.39 Å². The van der Waals surface area contributed by atoms with Crippen molar-refractivity contribution in [2.45, 2.75) is 37.1 Å². The van der Waals surface area contributed by atoms with Crippen LogP contribution in [0.1, 0.15) is 37.0 Å². The van der Waals surface area contributed by atoms with Gasteiger partial charge in [0.15, 0.2) is 5.16 Å². The van der Waals surface area contributed by atoms with Crippen molar-refractivity contribution in [3.63, 3.8) is 0 Å². The summed E-state index contributed by atoms with van der Waals surface area (Å²) in [5.41, 5.74) is 7.32. The van der Waals surface area contributed by atoms with Crippen molar-refractivity contribution in [1.29, 1.82) is 0 Å². The molecule has 0 saturated heterocycles. The number of thioether (sulfide) groups is 1. The number of hydrogen-bond donors (Lipinski definition) is 1.